The van der Waals surface area contributed by atoms with Gasteiger partial charge in [-0.25, -0.2) is 8.42 Å². The summed E-state index contributed by atoms with van der Waals surface area (Å²) in [6.45, 7) is 6.81. The van der Waals surface area contributed by atoms with E-state index in [4.69, 9.17) is 0 Å². The molecule has 0 radical (unpaired) electrons. The molecule has 28 heavy (non-hydrogen) atoms. The van der Waals surface area contributed by atoms with Crippen LogP contribution >= 0.6 is 0 Å². The van der Waals surface area contributed by atoms with Gasteiger partial charge in [0.05, 0.1) is 11.2 Å². The first-order chi connectivity index (χ1) is 13.2. The second-order valence-electron chi connectivity index (χ2n) is 8.55. The van der Waals surface area contributed by atoms with E-state index in [2.05, 4.69) is 14.9 Å². The van der Waals surface area contributed by atoms with Crippen LogP contribution in [0.1, 0.15) is 40.0 Å². The van der Waals surface area contributed by atoms with Crippen LogP contribution in [0, 0.1) is 16.7 Å². The standard InChI is InChI=1S/C20H26N4O3S/c1-4-24-13-21-22-18(24)14-6-5-7-16(10-14)23-28(26,27)12-20-9-8-15(11-17(20)25)19(20,2)3/h5-7,10,13,15,23H,4,8-9,11-12H2,1-3H3/t15-,20-/m0/s1. The molecule has 1 aromatic carbocycles. The number of fused-ring (bicyclic) bond motifs is 2. The number of nitrogens with zero attached hydrogens (tertiary/aromatic N) is 3. The molecule has 0 aliphatic heterocycles. The van der Waals surface area contributed by atoms with Gasteiger partial charge in [0.2, 0.25) is 10.0 Å². The topological polar surface area (TPSA) is 93.9 Å². The molecular weight excluding hydrogens is 376 g/mol. The van der Waals surface area contributed by atoms with E-state index in [9.17, 15) is 13.2 Å². The molecule has 2 bridgehead atoms. The van der Waals surface area contributed by atoms with Gasteiger partial charge in [-0.1, -0.05) is 26.0 Å². The summed E-state index contributed by atoms with van der Waals surface area (Å²) in [5.41, 5.74) is 0.204. The number of anilines is 1. The van der Waals surface area contributed by atoms with Crippen LogP contribution in [0.25, 0.3) is 11.4 Å². The molecule has 0 saturated heterocycles. The second-order valence-corrected chi connectivity index (χ2v) is 10.3. The summed E-state index contributed by atoms with van der Waals surface area (Å²) < 4.78 is 30.6. The number of benzene rings is 1. The van der Waals surface area contributed by atoms with E-state index in [-0.39, 0.29) is 17.0 Å². The number of aromatic nitrogens is 3. The van der Waals surface area contributed by atoms with Crippen molar-refractivity contribution in [3.05, 3.63) is 30.6 Å². The summed E-state index contributed by atoms with van der Waals surface area (Å²) in [5.74, 6) is 0.924. The summed E-state index contributed by atoms with van der Waals surface area (Å²) in [5, 5.41) is 8.06. The van der Waals surface area contributed by atoms with Crippen LogP contribution in [0.5, 0.6) is 0 Å². The highest BCUT2D eigenvalue weighted by atomic mass is 32.2. The number of hydrogen-bond acceptors (Lipinski definition) is 5. The Hall–Kier alpha value is -2.22. The van der Waals surface area contributed by atoms with Gasteiger partial charge in [0.25, 0.3) is 0 Å². The number of carbonyl (C=O) groups excluding carboxylic acids is 1. The number of carbonyl (C=O) groups is 1. The van der Waals surface area contributed by atoms with Gasteiger partial charge in [-0.3, -0.25) is 9.52 Å². The van der Waals surface area contributed by atoms with Crippen LogP contribution in [0.15, 0.2) is 30.6 Å². The van der Waals surface area contributed by atoms with Gasteiger partial charge in [-0.05, 0) is 43.2 Å². The molecule has 1 N–H and O–H groups in total. The minimum atomic E-state index is -3.68. The highest BCUT2D eigenvalue weighted by molar-refractivity contribution is 7.92. The van der Waals surface area contributed by atoms with E-state index in [0.717, 1.165) is 18.5 Å². The SMILES string of the molecule is CCn1cnnc1-c1cccc(NS(=O)(=O)C[C@@]23CC[C@@H](CC2=O)C3(C)C)c1. The van der Waals surface area contributed by atoms with Crippen LogP contribution < -0.4 is 4.72 Å². The molecule has 2 aromatic rings. The molecule has 2 saturated carbocycles. The summed E-state index contributed by atoms with van der Waals surface area (Å²) in [7, 11) is -3.68. The maximum Gasteiger partial charge on any atom is 0.233 e. The van der Waals surface area contributed by atoms with Crippen molar-refractivity contribution in [2.24, 2.45) is 16.7 Å². The zero-order valence-electron chi connectivity index (χ0n) is 16.5. The monoisotopic (exact) mass is 402 g/mol. The summed E-state index contributed by atoms with van der Waals surface area (Å²) in [4.78, 5) is 12.7. The molecule has 0 spiro atoms. The van der Waals surface area contributed by atoms with Crippen molar-refractivity contribution in [3.63, 3.8) is 0 Å². The van der Waals surface area contributed by atoms with Crippen LogP contribution in [0.3, 0.4) is 0 Å². The maximum atomic E-state index is 13.0. The Balaban J connectivity index is 1.59. The van der Waals surface area contributed by atoms with Crippen LogP contribution in [-0.2, 0) is 21.4 Å². The number of hydrogen-bond donors (Lipinski definition) is 1. The molecule has 0 amide bonds. The molecule has 150 valence electrons. The second kappa shape index (κ2) is 6.40. The van der Waals surface area contributed by atoms with Gasteiger partial charge >= 0.3 is 0 Å². The highest BCUT2D eigenvalue weighted by Gasteiger charge is 2.65. The molecule has 2 aliphatic rings. The van der Waals surface area contributed by atoms with Crippen molar-refractivity contribution in [1.82, 2.24) is 14.8 Å². The van der Waals surface area contributed by atoms with Crippen molar-refractivity contribution in [3.8, 4) is 11.4 Å². The average molecular weight is 403 g/mol. The average Bonchev–Trinajstić information content (AvgIpc) is 3.24. The Kier molecular flexibility index (Phi) is 4.37. The number of rotatable bonds is 6. The van der Waals surface area contributed by atoms with Gasteiger partial charge < -0.3 is 4.57 Å². The van der Waals surface area contributed by atoms with E-state index in [1.54, 1.807) is 24.5 Å². The van der Waals surface area contributed by atoms with Crippen LogP contribution in [0.4, 0.5) is 5.69 Å². The Morgan fingerprint density at radius 1 is 1.32 bits per heavy atom. The molecule has 1 aromatic heterocycles. The molecule has 2 fully saturated rings. The molecule has 0 unspecified atom stereocenters. The molecule has 4 rings (SSSR count). The number of nitrogens with one attached hydrogen (secondary N) is 1. The fourth-order valence-electron chi connectivity index (χ4n) is 5.08. The number of aryl methyl sites for hydroxylation is 1. The lowest BCUT2D eigenvalue weighted by Gasteiger charge is -2.36. The zero-order chi connectivity index (χ0) is 20.2. The summed E-state index contributed by atoms with van der Waals surface area (Å²) >= 11 is 0. The predicted octanol–water partition coefficient (Wildman–Crippen LogP) is 3.10. The first-order valence-corrected chi connectivity index (χ1v) is 11.4. The number of sulfonamides is 1. The zero-order valence-corrected chi connectivity index (χ0v) is 17.3. The summed E-state index contributed by atoms with van der Waals surface area (Å²) in [6, 6.07) is 7.13. The molecule has 2 aliphatic carbocycles. The Bertz CT molecular complexity index is 1030. The highest BCUT2D eigenvalue weighted by Crippen LogP contribution is 2.64. The van der Waals surface area contributed by atoms with Gasteiger partial charge in [0.15, 0.2) is 5.82 Å². The van der Waals surface area contributed by atoms with Gasteiger partial charge in [0.1, 0.15) is 12.1 Å². The van der Waals surface area contributed by atoms with E-state index in [1.807, 2.05) is 31.4 Å². The molecule has 2 atom stereocenters. The minimum absolute atomic E-state index is 0.101. The molecule has 7 nitrogen and oxygen atoms in total. The Labute approximate surface area is 165 Å². The maximum absolute atomic E-state index is 13.0. The van der Waals surface area contributed by atoms with E-state index in [0.29, 0.717) is 30.3 Å². The Morgan fingerprint density at radius 3 is 2.75 bits per heavy atom. The number of ketones is 1. The van der Waals surface area contributed by atoms with Crippen LogP contribution in [-0.4, -0.2) is 34.7 Å². The fraction of sp³-hybridized carbons (Fsp3) is 0.550. The van der Waals surface area contributed by atoms with Crippen molar-refractivity contribution < 1.29 is 13.2 Å². The largest absolute Gasteiger partial charge is 0.314 e. The molecular formula is C20H26N4O3S. The van der Waals surface area contributed by atoms with E-state index >= 15 is 0 Å². The normalized spacial score (nSPS) is 26.0. The summed E-state index contributed by atoms with van der Waals surface area (Å²) in [6.07, 6.45) is 3.74. The van der Waals surface area contributed by atoms with Gasteiger partial charge in [-0.2, -0.15) is 0 Å². The first kappa shape index (κ1) is 19.1. The quantitative estimate of drug-likeness (QED) is 0.801. The third-order valence-electron chi connectivity index (χ3n) is 6.93. The lowest BCUT2D eigenvalue weighted by molar-refractivity contribution is -0.128. The van der Waals surface area contributed by atoms with E-state index in [1.165, 1.54) is 0 Å². The lowest BCUT2D eigenvalue weighted by Crippen LogP contribution is -2.43. The molecule has 8 heteroatoms. The third kappa shape index (κ3) is 2.85. The van der Waals surface area contributed by atoms with Crippen molar-refractivity contribution in [2.75, 3.05) is 10.5 Å². The lowest BCUT2D eigenvalue weighted by atomic mass is 9.70. The van der Waals surface area contributed by atoms with Gasteiger partial charge in [0, 0.05) is 24.2 Å². The first-order valence-electron chi connectivity index (χ1n) is 9.70. The fourth-order valence-corrected chi connectivity index (χ4v) is 6.96. The van der Waals surface area contributed by atoms with Crippen molar-refractivity contribution >= 4 is 21.5 Å². The smallest absolute Gasteiger partial charge is 0.233 e. The van der Waals surface area contributed by atoms with Gasteiger partial charge in [-0.15, -0.1) is 10.2 Å². The third-order valence-corrected chi connectivity index (χ3v) is 8.35. The van der Waals surface area contributed by atoms with Crippen molar-refractivity contribution in [1.29, 1.82) is 0 Å². The Morgan fingerprint density at radius 2 is 2.11 bits per heavy atom. The molecule has 1 heterocycles. The minimum Gasteiger partial charge on any atom is -0.314 e. The van der Waals surface area contributed by atoms with E-state index < -0.39 is 15.4 Å². The van der Waals surface area contributed by atoms with Crippen LogP contribution in [0.2, 0.25) is 0 Å². The number of Topliss-reactive ketones (excluding diaryl/α,β-unsaturated/α-hetero) is 1. The van der Waals surface area contributed by atoms with Crippen molar-refractivity contribution in [2.45, 2.75) is 46.6 Å². The predicted molar refractivity (Wildman–Crippen MR) is 107 cm³/mol.